The number of rotatable bonds is 0. The van der Waals surface area contributed by atoms with E-state index in [9.17, 15) is 9.13 Å². The second-order valence-corrected chi connectivity index (χ2v) is 6.40. The molecule has 15 heavy (non-hydrogen) atoms. The first kappa shape index (κ1) is 20.8. The summed E-state index contributed by atoms with van der Waals surface area (Å²) in [5, 5.41) is 0. The van der Waals surface area contributed by atoms with Crippen molar-refractivity contribution in [1.82, 2.24) is 0 Å². The summed E-state index contributed by atoms with van der Waals surface area (Å²) in [5.41, 5.74) is 4.88. The molecular formula is H10MoN2O10P2. The minimum atomic E-state index is -6.02. The van der Waals surface area contributed by atoms with E-state index in [4.69, 9.17) is 33.9 Å². The van der Waals surface area contributed by atoms with E-state index in [2.05, 4.69) is 11.0 Å². The van der Waals surface area contributed by atoms with Crippen molar-refractivity contribution < 1.29 is 70.8 Å². The molecule has 0 radical (unpaired) electrons. The Kier molecular flexibility index (Phi) is 10.6. The van der Waals surface area contributed by atoms with Crippen LogP contribution in [0.1, 0.15) is 0 Å². The fourth-order valence-electron chi connectivity index (χ4n) is 0. The Morgan fingerprint density at radius 3 is 0.867 bits per heavy atom. The molecule has 0 aliphatic heterocycles. The van der Waals surface area contributed by atoms with Crippen LogP contribution in [0.25, 0.3) is 0 Å². The first-order valence-electron chi connectivity index (χ1n) is 2.46. The summed E-state index contributed by atoms with van der Waals surface area (Å²) in [6.45, 7) is 0. The molecule has 0 aliphatic carbocycles. The fourth-order valence-corrected chi connectivity index (χ4v) is 0. The minimum absolute atomic E-state index is 2.44. The van der Waals surface area contributed by atoms with Crippen molar-refractivity contribution in [3.8, 4) is 0 Å². The van der Waals surface area contributed by atoms with Crippen LogP contribution in [-0.2, 0) is 32.7 Å². The van der Waals surface area contributed by atoms with Gasteiger partial charge in [-0.1, -0.05) is 0 Å². The van der Waals surface area contributed by atoms with Crippen LogP contribution in [0.2, 0.25) is 0 Å². The van der Waals surface area contributed by atoms with E-state index in [0.717, 1.165) is 0 Å². The molecule has 96 valence electrons. The van der Waals surface area contributed by atoms with Crippen LogP contribution in [0.15, 0.2) is 0 Å². The van der Waals surface area contributed by atoms with Gasteiger partial charge < -0.3 is 0 Å². The molecule has 0 unspecified atom stereocenters. The Hall–Kier alpha value is 0.428. The summed E-state index contributed by atoms with van der Waals surface area (Å²) >= 11 is -6.02. The Balaban J connectivity index is -0.000000144. The maximum atomic E-state index is 9.22. The summed E-state index contributed by atoms with van der Waals surface area (Å²) in [5.74, 6) is 0. The molecule has 0 spiro atoms. The second kappa shape index (κ2) is 7.66. The predicted molar refractivity (Wildman–Crippen MR) is 31.2 cm³/mol. The van der Waals surface area contributed by atoms with Gasteiger partial charge in [-0.05, 0) is 0 Å². The van der Waals surface area contributed by atoms with Gasteiger partial charge in [0.25, 0.3) is 0 Å². The molecule has 0 heterocycles. The van der Waals surface area contributed by atoms with E-state index in [1.54, 1.807) is 0 Å². The molecule has 0 aromatic carbocycles. The molecule has 0 saturated heterocycles. The van der Waals surface area contributed by atoms with Crippen LogP contribution < -0.4 is 18.5 Å². The van der Waals surface area contributed by atoms with E-state index in [-0.39, 0.29) is 0 Å². The number of quaternary nitrogens is 2. The third-order valence-electron chi connectivity index (χ3n) is 0. The summed E-state index contributed by atoms with van der Waals surface area (Å²) in [6.07, 6.45) is 0. The topological polar surface area (TPSA) is 251 Å². The average Bonchev–Trinajstić information content (AvgIpc) is 1.41. The van der Waals surface area contributed by atoms with Gasteiger partial charge in [-0.15, -0.1) is 0 Å². The molecular weight excluding hydrogens is 346 g/mol. The molecule has 0 aromatic rings. The van der Waals surface area contributed by atoms with Gasteiger partial charge in [-0.3, -0.25) is 30.6 Å². The van der Waals surface area contributed by atoms with Crippen LogP contribution in [0.3, 0.4) is 0 Å². The molecule has 15 heteroatoms. The molecule has 0 fully saturated rings. The Labute approximate surface area is 86.7 Å². The van der Waals surface area contributed by atoms with E-state index in [1.807, 2.05) is 0 Å². The Bertz CT molecular complexity index is 286. The van der Waals surface area contributed by atoms with Gasteiger partial charge in [0.05, 0.1) is 0 Å². The van der Waals surface area contributed by atoms with Crippen LogP contribution in [0, 0.1) is 0 Å². The first-order valence-corrected chi connectivity index (χ1v) is 9.34. The van der Waals surface area contributed by atoms with Gasteiger partial charge in [0.15, 0.2) is 0 Å². The molecule has 0 atom stereocenters. The van der Waals surface area contributed by atoms with Crippen molar-refractivity contribution in [3.63, 3.8) is 0 Å². The summed E-state index contributed by atoms with van der Waals surface area (Å²) in [6, 6.07) is 0. The number of hydrogen-bond acceptors (Lipinski definition) is 6. The zero-order valence-electron chi connectivity index (χ0n) is 6.96. The molecule has 0 bridgehead atoms. The van der Waals surface area contributed by atoms with Crippen molar-refractivity contribution >= 4 is 15.5 Å². The summed E-state index contributed by atoms with van der Waals surface area (Å²) in [7, 11) is -7.78. The zero-order chi connectivity index (χ0) is 13.5. The van der Waals surface area contributed by atoms with Gasteiger partial charge in [0.1, 0.15) is 0 Å². The van der Waals surface area contributed by atoms with Crippen LogP contribution in [0.4, 0.5) is 0 Å². The molecule has 10 N–H and O–H groups in total. The second-order valence-electron chi connectivity index (χ2n) is 1.74. The maximum absolute atomic E-state index is 9.22. The molecule has 12 nitrogen and oxygen atoms in total. The van der Waals surface area contributed by atoms with Crippen molar-refractivity contribution in [2.24, 2.45) is 0 Å². The van der Waals surface area contributed by atoms with Gasteiger partial charge >= 0.3 is 46.6 Å². The Morgan fingerprint density at radius 2 is 0.867 bits per heavy atom. The first-order chi connectivity index (χ1) is 6.00. The van der Waals surface area contributed by atoms with Gasteiger partial charge in [0.2, 0.25) is 0 Å². The molecule has 0 saturated carbocycles. The van der Waals surface area contributed by atoms with Gasteiger partial charge in [0, 0.05) is 0 Å². The molecule has 0 rings (SSSR count). The van der Waals surface area contributed by atoms with Crippen LogP contribution in [0.5, 0.6) is 0 Å². The van der Waals surface area contributed by atoms with Crippen molar-refractivity contribution in [2.75, 3.05) is 0 Å². The summed E-state index contributed by atoms with van der Waals surface area (Å²) in [4.78, 5) is 30.1. The predicted octanol–water partition coefficient (Wildman–Crippen LogP) is -5.98. The molecule has 0 aromatic heterocycles. The van der Waals surface area contributed by atoms with Crippen molar-refractivity contribution in [1.29, 1.82) is 0 Å². The van der Waals surface area contributed by atoms with Crippen LogP contribution in [-0.4, -0.2) is 19.6 Å². The zero-order valence-corrected chi connectivity index (χ0v) is 10.8. The Morgan fingerprint density at radius 1 is 0.867 bits per heavy atom. The van der Waals surface area contributed by atoms with E-state index < -0.39 is 32.2 Å². The average molecular weight is 356 g/mol. The third kappa shape index (κ3) is 12100. The molecule has 0 aliphatic rings. The quantitative estimate of drug-likeness (QED) is 0.177. The van der Waals surface area contributed by atoms with Gasteiger partial charge in [-0.25, -0.2) is 9.13 Å². The third-order valence-corrected chi connectivity index (χ3v) is 0. The monoisotopic (exact) mass is 358 g/mol. The SMILES string of the molecule is [NH3+]P(=O)(O)O.[NH3+]P(=O)(O)O.[O]=[Mo](=[O])([O-])[O-]. The number of hydrogen-bond donors (Lipinski definition) is 6. The van der Waals surface area contributed by atoms with E-state index >= 15 is 0 Å². The van der Waals surface area contributed by atoms with Gasteiger partial charge in [-0.2, -0.15) is 0 Å². The summed E-state index contributed by atoms with van der Waals surface area (Å²) < 4.78 is 52.9. The standard InChI is InChI=1S/Mo.2H4NO3P.4O/c;2*1-5(2,3)4;;;;/h;2*(H4,1,2,3,4);;;;/q;;;;;2*-1/p+2. The fraction of sp³-hybridized carbons (Fsp3) is 0. The normalized spacial score (nSPS) is 11.7. The van der Waals surface area contributed by atoms with E-state index in [1.165, 1.54) is 0 Å². The molecule has 0 amide bonds. The van der Waals surface area contributed by atoms with E-state index in [0.29, 0.717) is 0 Å². The van der Waals surface area contributed by atoms with Crippen LogP contribution >= 0.6 is 15.5 Å². The van der Waals surface area contributed by atoms with Crippen molar-refractivity contribution in [3.05, 3.63) is 0 Å². The van der Waals surface area contributed by atoms with Crippen molar-refractivity contribution in [2.45, 2.75) is 0 Å².